The largest absolute Gasteiger partial charge is 0.446 e. The van der Waals surface area contributed by atoms with Crippen molar-refractivity contribution in [2.45, 2.75) is 38.1 Å². The second-order valence-corrected chi connectivity index (χ2v) is 3.58. The van der Waals surface area contributed by atoms with Crippen LogP contribution >= 0.6 is 12.4 Å². The van der Waals surface area contributed by atoms with E-state index >= 15 is 0 Å². The van der Waals surface area contributed by atoms with Gasteiger partial charge in [0.1, 0.15) is 5.76 Å². The fourth-order valence-electron chi connectivity index (χ4n) is 1.80. The number of aryl methyl sites for hydroxylation is 1. The van der Waals surface area contributed by atoms with E-state index in [1.165, 1.54) is 0 Å². The lowest BCUT2D eigenvalue weighted by Gasteiger charge is -2.02. The number of rotatable bonds is 1. The van der Waals surface area contributed by atoms with Crippen molar-refractivity contribution in [1.29, 1.82) is 0 Å². The van der Waals surface area contributed by atoms with E-state index in [0.29, 0.717) is 12.0 Å². The van der Waals surface area contributed by atoms with Crippen LogP contribution in [-0.2, 0) is 0 Å². The van der Waals surface area contributed by atoms with Crippen molar-refractivity contribution in [3.8, 4) is 0 Å². The minimum absolute atomic E-state index is 0. The van der Waals surface area contributed by atoms with Crippen molar-refractivity contribution < 1.29 is 4.42 Å². The van der Waals surface area contributed by atoms with E-state index in [1.807, 2.05) is 6.92 Å². The van der Waals surface area contributed by atoms with E-state index in [0.717, 1.165) is 30.9 Å². The monoisotopic (exact) mass is 202 g/mol. The van der Waals surface area contributed by atoms with Crippen LogP contribution in [0.4, 0.5) is 0 Å². The zero-order valence-electron chi connectivity index (χ0n) is 7.69. The molecular weight excluding hydrogens is 188 g/mol. The molecule has 0 radical (unpaired) electrons. The Morgan fingerprint density at radius 2 is 2.31 bits per heavy atom. The number of hydrogen-bond acceptors (Lipinski definition) is 3. The van der Waals surface area contributed by atoms with Crippen molar-refractivity contribution in [3.05, 3.63) is 17.8 Å². The minimum atomic E-state index is 0. The first-order valence-corrected chi connectivity index (χ1v) is 4.43. The van der Waals surface area contributed by atoms with Gasteiger partial charge in [-0.2, -0.15) is 0 Å². The average molecular weight is 203 g/mol. The van der Waals surface area contributed by atoms with E-state index in [-0.39, 0.29) is 12.4 Å². The van der Waals surface area contributed by atoms with Gasteiger partial charge in [0.25, 0.3) is 0 Å². The lowest BCUT2D eigenvalue weighted by atomic mass is 10.1. The Morgan fingerprint density at radius 3 is 2.77 bits per heavy atom. The Labute approximate surface area is 84.1 Å². The van der Waals surface area contributed by atoms with Gasteiger partial charge in [0.2, 0.25) is 0 Å². The Kier molecular flexibility index (Phi) is 3.33. The minimum Gasteiger partial charge on any atom is -0.446 e. The number of hydrogen-bond donors (Lipinski definition) is 1. The molecule has 1 fully saturated rings. The number of oxazole rings is 1. The maximum Gasteiger partial charge on any atom is 0.197 e. The summed E-state index contributed by atoms with van der Waals surface area (Å²) in [5, 5.41) is 0. The third kappa shape index (κ3) is 2.23. The van der Waals surface area contributed by atoms with Crippen LogP contribution in [0.15, 0.2) is 10.6 Å². The van der Waals surface area contributed by atoms with Crippen molar-refractivity contribution in [1.82, 2.24) is 4.98 Å². The van der Waals surface area contributed by atoms with Crippen LogP contribution in [0.3, 0.4) is 0 Å². The molecule has 1 aromatic heterocycles. The van der Waals surface area contributed by atoms with Gasteiger partial charge in [0.15, 0.2) is 5.89 Å². The molecule has 3 nitrogen and oxygen atoms in total. The molecule has 0 spiro atoms. The normalized spacial score (nSPS) is 27.2. The molecule has 1 aromatic rings. The fourth-order valence-corrected chi connectivity index (χ4v) is 1.80. The number of aromatic nitrogens is 1. The first-order valence-electron chi connectivity index (χ1n) is 4.43. The molecule has 2 rings (SSSR count). The molecule has 0 aliphatic heterocycles. The molecule has 1 heterocycles. The van der Waals surface area contributed by atoms with E-state index in [4.69, 9.17) is 10.2 Å². The zero-order chi connectivity index (χ0) is 8.55. The molecule has 0 unspecified atom stereocenters. The van der Waals surface area contributed by atoms with Gasteiger partial charge in [0, 0.05) is 12.0 Å². The lowest BCUT2D eigenvalue weighted by Crippen LogP contribution is -2.14. The molecule has 2 atom stereocenters. The van der Waals surface area contributed by atoms with Gasteiger partial charge in [-0.3, -0.25) is 0 Å². The smallest absolute Gasteiger partial charge is 0.197 e. The topological polar surface area (TPSA) is 52.0 Å². The van der Waals surface area contributed by atoms with Crippen LogP contribution in [0.25, 0.3) is 0 Å². The lowest BCUT2D eigenvalue weighted by molar-refractivity contribution is 0.429. The van der Waals surface area contributed by atoms with Crippen molar-refractivity contribution in [2.75, 3.05) is 0 Å². The number of halogens is 1. The van der Waals surface area contributed by atoms with Crippen LogP contribution in [0.2, 0.25) is 0 Å². The molecule has 74 valence electrons. The molecule has 1 aliphatic carbocycles. The van der Waals surface area contributed by atoms with Crippen LogP contribution in [0.1, 0.15) is 36.8 Å². The van der Waals surface area contributed by atoms with Crippen molar-refractivity contribution >= 4 is 12.4 Å². The van der Waals surface area contributed by atoms with E-state index in [9.17, 15) is 0 Å². The third-order valence-corrected chi connectivity index (χ3v) is 2.46. The van der Waals surface area contributed by atoms with Gasteiger partial charge < -0.3 is 10.2 Å². The van der Waals surface area contributed by atoms with E-state index < -0.39 is 0 Å². The highest BCUT2D eigenvalue weighted by molar-refractivity contribution is 5.85. The van der Waals surface area contributed by atoms with Crippen LogP contribution < -0.4 is 5.73 Å². The second kappa shape index (κ2) is 4.11. The second-order valence-electron chi connectivity index (χ2n) is 3.58. The molecule has 0 bridgehead atoms. The summed E-state index contributed by atoms with van der Waals surface area (Å²) in [4.78, 5) is 4.21. The molecule has 0 aromatic carbocycles. The number of nitrogens with zero attached hydrogens (tertiary/aromatic N) is 1. The molecule has 0 saturated heterocycles. The van der Waals surface area contributed by atoms with Crippen molar-refractivity contribution in [3.63, 3.8) is 0 Å². The summed E-state index contributed by atoms with van der Waals surface area (Å²) in [7, 11) is 0. The van der Waals surface area contributed by atoms with Crippen molar-refractivity contribution in [2.24, 2.45) is 5.73 Å². The van der Waals surface area contributed by atoms with Crippen LogP contribution in [0.5, 0.6) is 0 Å². The van der Waals surface area contributed by atoms with Gasteiger partial charge in [-0.15, -0.1) is 12.4 Å². The molecular formula is C9H15ClN2O. The number of nitrogens with two attached hydrogens (primary N) is 1. The zero-order valence-corrected chi connectivity index (χ0v) is 8.51. The first kappa shape index (κ1) is 10.5. The SMILES string of the molecule is Cc1cnc([C@H]2CC[C@@H](N)C2)o1.Cl. The summed E-state index contributed by atoms with van der Waals surface area (Å²) in [6.45, 7) is 1.92. The highest BCUT2D eigenvalue weighted by Gasteiger charge is 2.26. The summed E-state index contributed by atoms with van der Waals surface area (Å²) in [5.74, 6) is 2.24. The Hall–Kier alpha value is -0.540. The van der Waals surface area contributed by atoms with Crippen LogP contribution in [0, 0.1) is 6.92 Å². The van der Waals surface area contributed by atoms with Gasteiger partial charge in [-0.1, -0.05) is 0 Å². The third-order valence-electron chi connectivity index (χ3n) is 2.46. The van der Waals surface area contributed by atoms with Gasteiger partial charge in [-0.25, -0.2) is 4.98 Å². The molecule has 2 N–H and O–H groups in total. The molecule has 1 saturated carbocycles. The Morgan fingerprint density at radius 1 is 1.54 bits per heavy atom. The van der Waals surface area contributed by atoms with E-state index in [1.54, 1.807) is 6.20 Å². The standard InChI is InChI=1S/C9H14N2O.ClH/c1-6-5-11-9(12-6)7-2-3-8(10)4-7;/h5,7-8H,2-4,10H2,1H3;1H/t7-,8+;/m0./s1. The highest BCUT2D eigenvalue weighted by atomic mass is 35.5. The van der Waals surface area contributed by atoms with Crippen LogP contribution in [-0.4, -0.2) is 11.0 Å². The highest BCUT2D eigenvalue weighted by Crippen LogP contribution is 2.32. The summed E-state index contributed by atoms with van der Waals surface area (Å²) < 4.78 is 5.45. The summed E-state index contributed by atoms with van der Waals surface area (Å²) in [5.41, 5.74) is 5.80. The molecule has 0 amide bonds. The Balaban J connectivity index is 0.000000845. The predicted molar refractivity (Wildman–Crippen MR) is 53.1 cm³/mol. The maximum atomic E-state index is 5.80. The molecule has 1 aliphatic rings. The molecule has 13 heavy (non-hydrogen) atoms. The quantitative estimate of drug-likeness (QED) is 0.758. The van der Waals surface area contributed by atoms with E-state index in [2.05, 4.69) is 4.98 Å². The van der Waals surface area contributed by atoms with Gasteiger partial charge in [-0.05, 0) is 26.2 Å². The Bertz CT molecular complexity index is 274. The maximum absolute atomic E-state index is 5.80. The van der Waals surface area contributed by atoms with Gasteiger partial charge in [0.05, 0.1) is 6.20 Å². The summed E-state index contributed by atoms with van der Waals surface area (Å²) in [6, 6.07) is 0.349. The predicted octanol–water partition coefficient (Wildman–Crippen LogP) is 2.00. The fraction of sp³-hybridized carbons (Fsp3) is 0.667. The summed E-state index contributed by atoms with van der Waals surface area (Å²) >= 11 is 0. The first-order chi connectivity index (χ1) is 5.75. The molecule has 4 heteroatoms. The average Bonchev–Trinajstić information content (AvgIpc) is 2.58. The van der Waals surface area contributed by atoms with Gasteiger partial charge >= 0.3 is 0 Å². The summed E-state index contributed by atoms with van der Waals surface area (Å²) in [6.07, 6.45) is 5.03.